The molecule has 0 amide bonds. The average Bonchev–Trinajstić information content (AvgIpc) is 2.41. The Bertz CT molecular complexity index is 416. The lowest BCUT2D eigenvalue weighted by Gasteiger charge is -2.48. The van der Waals surface area contributed by atoms with Crippen LogP contribution in [0.1, 0.15) is 27.7 Å². The highest BCUT2D eigenvalue weighted by molar-refractivity contribution is 6.01. The van der Waals surface area contributed by atoms with Crippen LogP contribution in [0.3, 0.4) is 0 Å². The zero-order chi connectivity index (χ0) is 14.6. The summed E-state index contributed by atoms with van der Waals surface area (Å²) in [5, 5.41) is 0. The molecule has 20 heavy (non-hydrogen) atoms. The largest absolute Gasteiger partial charge is 0.299 e. The fourth-order valence-corrected chi connectivity index (χ4v) is 4.68. The van der Waals surface area contributed by atoms with Gasteiger partial charge < -0.3 is 0 Å². The van der Waals surface area contributed by atoms with Gasteiger partial charge in [-0.05, 0) is 23.7 Å². The van der Waals surface area contributed by atoms with Crippen LogP contribution in [-0.2, 0) is 9.59 Å². The number of Topliss-reactive ketones (excluding diaryl/α,β-unsaturated/α-hetero) is 2. The molecule has 0 unspecified atom stereocenters. The first-order valence-electron chi connectivity index (χ1n) is 7.87. The molecule has 0 aromatic rings. The molecule has 0 spiro atoms. The zero-order valence-corrected chi connectivity index (χ0v) is 12.7. The van der Waals surface area contributed by atoms with Gasteiger partial charge in [0.2, 0.25) is 0 Å². The molecule has 0 bridgehead atoms. The molecule has 8 atom stereocenters. The van der Waals surface area contributed by atoms with Crippen molar-refractivity contribution in [2.75, 3.05) is 0 Å². The number of fused-ring (bicyclic) bond motifs is 2. The first kappa shape index (κ1) is 13.8. The fraction of sp³-hybridized carbons (Fsp3) is 0.667. The smallest absolute Gasteiger partial charge is 0.141 e. The van der Waals surface area contributed by atoms with Gasteiger partial charge in [0, 0.05) is 23.7 Å². The van der Waals surface area contributed by atoms with Crippen molar-refractivity contribution in [2.24, 2.45) is 47.3 Å². The summed E-state index contributed by atoms with van der Waals surface area (Å²) in [6.07, 6.45) is 8.52. The monoisotopic (exact) mass is 272 g/mol. The van der Waals surface area contributed by atoms with Crippen LogP contribution in [0.4, 0.5) is 0 Å². The number of hydrogen-bond acceptors (Lipinski definition) is 2. The molecule has 0 aromatic heterocycles. The SMILES string of the molecule is C[C@@H]1C=C[C@H](C)[C@@H]2C(=O)[C@H]3[C@H](C(=O)[C@@H]21)[C@@H](C)C=C[C@@H]3C. The molecular weight excluding hydrogens is 248 g/mol. The first-order valence-corrected chi connectivity index (χ1v) is 7.87. The van der Waals surface area contributed by atoms with E-state index in [-0.39, 0.29) is 47.3 Å². The third-order valence-electron chi connectivity index (χ3n) is 5.79. The van der Waals surface area contributed by atoms with Gasteiger partial charge in [0.15, 0.2) is 0 Å². The molecule has 0 radical (unpaired) electrons. The predicted molar refractivity (Wildman–Crippen MR) is 78.9 cm³/mol. The molecule has 0 aliphatic heterocycles. The lowest BCUT2D eigenvalue weighted by Crippen LogP contribution is -2.56. The van der Waals surface area contributed by atoms with Crippen molar-refractivity contribution in [1.82, 2.24) is 0 Å². The molecule has 0 heterocycles. The molecule has 1 saturated carbocycles. The van der Waals surface area contributed by atoms with Gasteiger partial charge in [0.25, 0.3) is 0 Å². The van der Waals surface area contributed by atoms with Gasteiger partial charge in [-0.1, -0.05) is 52.0 Å². The van der Waals surface area contributed by atoms with E-state index in [0.29, 0.717) is 11.6 Å². The maximum absolute atomic E-state index is 13.0. The zero-order valence-electron chi connectivity index (χ0n) is 12.7. The molecule has 2 nitrogen and oxygen atoms in total. The molecule has 3 aliphatic carbocycles. The molecule has 3 aliphatic rings. The van der Waals surface area contributed by atoms with Crippen molar-refractivity contribution in [3.05, 3.63) is 24.3 Å². The van der Waals surface area contributed by atoms with E-state index in [4.69, 9.17) is 0 Å². The maximum atomic E-state index is 13.0. The van der Waals surface area contributed by atoms with E-state index in [9.17, 15) is 9.59 Å². The van der Waals surface area contributed by atoms with Crippen molar-refractivity contribution in [1.29, 1.82) is 0 Å². The Labute approximate surface area is 121 Å². The number of hydrogen-bond donors (Lipinski definition) is 0. The fourth-order valence-electron chi connectivity index (χ4n) is 4.68. The van der Waals surface area contributed by atoms with Crippen molar-refractivity contribution < 1.29 is 9.59 Å². The van der Waals surface area contributed by atoms with Crippen LogP contribution in [0.2, 0.25) is 0 Å². The summed E-state index contributed by atoms with van der Waals surface area (Å²) in [5.74, 6) is 1.09. The van der Waals surface area contributed by atoms with Gasteiger partial charge in [-0.15, -0.1) is 0 Å². The first-order chi connectivity index (χ1) is 9.43. The molecule has 1 fully saturated rings. The van der Waals surface area contributed by atoms with Crippen LogP contribution >= 0.6 is 0 Å². The maximum Gasteiger partial charge on any atom is 0.141 e. The Kier molecular flexibility index (Phi) is 3.23. The Morgan fingerprint density at radius 1 is 0.550 bits per heavy atom. The lowest BCUT2D eigenvalue weighted by molar-refractivity contribution is -0.154. The third-order valence-corrected chi connectivity index (χ3v) is 5.79. The Balaban J connectivity index is 2.07. The summed E-state index contributed by atoms with van der Waals surface area (Å²) < 4.78 is 0. The van der Waals surface area contributed by atoms with E-state index in [1.807, 2.05) is 0 Å². The minimum Gasteiger partial charge on any atom is -0.299 e. The molecular formula is C18H24O2. The van der Waals surface area contributed by atoms with Crippen molar-refractivity contribution in [2.45, 2.75) is 27.7 Å². The van der Waals surface area contributed by atoms with E-state index in [0.717, 1.165) is 0 Å². The van der Waals surface area contributed by atoms with Crippen molar-refractivity contribution in [3.63, 3.8) is 0 Å². The highest BCUT2D eigenvalue weighted by atomic mass is 16.1. The number of allylic oxidation sites excluding steroid dienone is 4. The van der Waals surface area contributed by atoms with E-state index < -0.39 is 0 Å². The summed E-state index contributed by atoms with van der Waals surface area (Å²) in [5.41, 5.74) is 0. The molecule has 2 heteroatoms. The number of carbonyl (C=O) groups excluding carboxylic acids is 2. The standard InChI is InChI=1S/C18H24O2/c1-9-5-6-10(2)14-13(9)17(19)15-11(3)7-8-12(4)16(15)18(14)20/h5-16H,1-4H3/t9-,10-,11-,12+,13+,14+,15-,16+/m0/s1. The summed E-state index contributed by atoms with van der Waals surface area (Å²) in [6, 6.07) is 0. The molecule has 3 rings (SSSR count). The van der Waals surface area contributed by atoms with E-state index >= 15 is 0 Å². The Morgan fingerprint density at radius 2 is 0.750 bits per heavy atom. The third kappa shape index (κ3) is 1.77. The second-order valence-corrected chi connectivity index (χ2v) is 7.11. The van der Waals surface area contributed by atoms with Crippen LogP contribution in [0.15, 0.2) is 24.3 Å². The Morgan fingerprint density at radius 3 is 0.950 bits per heavy atom. The highest BCUT2D eigenvalue weighted by Crippen LogP contribution is 2.49. The van der Waals surface area contributed by atoms with E-state index in [1.54, 1.807) is 0 Å². The minimum atomic E-state index is -0.0927. The lowest BCUT2D eigenvalue weighted by atomic mass is 9.53. The van der Waals surface area contributed by atoms with Crippen LogP contribution in [0.5, 0.6) is 0 Å². The molecule has 0 aromatic carbocycles. The summed E-state index contributed by atoms with van der Waals surface area (Å²) in [6.45, 7) is 8.33. The van der Waals surface area contributed by atoms with Crippen LogP contribution in [0.25, 0.3) is 0 Å². The molecule has 108 valence electrons. The molecule has 0 saturated heterocycles. The minimum absolute atomic E-state index is 0.0927. The summed E-state index contributed by atoms with van der Waals surface area (Å²) >= 11 is 0. The van der Waals surface area contributed by atoms with E-state index in [1.165, 1.54) is 0 Å². The molecule has 0 N–H and O–H groups in total. The van der Waals surface area contributed by atoms with E-state index in [2.05, 4.69) is 52.0 Å². The average molecular weight is 272 g/mol. The van der Waals surface area contributed by atoms with Gasteiger partial charge in [-0.3, -0.25) is 9.59 Å². The number of ketones is 2. The van der Waals surface area contributed by atoms with Crippen LogP contribution in [0, 0.1) is 47.3 Å². The second-order valence-electron chi connectivity index (χ2n) is 7.11. The van der Waals surface area contributed by atoms with Gasteiger partial charge in [-0.2, -0.15) is 0 Å². The quantitative estimate of drug-likeness (QED) is 0.634. The normalized spacial score (nSPS) is 50.8. The van der Waals surface area contributed by atoms with Gasteiger partial charge in [0.1, 0.15) is 11.6 Å². The van der Waals surface area contributed by atoms with Gasteiger partial charge >= 0.3 is 0 Å². The Hall–Kier alpha value is -1.18. The summed E-state index contributed by atoms with van der Waals surface area (Å²) in [7, 11) is 0. The predicted octanol–water partition coefficient (Wildman–Crippen LogP) is 3.29. The van der Waals surface area contributed by atoms with Crippen LogP contribution < -0.4 is 0 Å². The highest BCUT2D eigenvalue weighted by Gasteiger charge is 2.55. The topological polar surface area (TPSA) is 34.1 Å². The van der Waals surface area contributed by atoms with Gasteiger partial charge in [-0.25, -0.2) is 0 Å². The van der Waals surface area contributed by atoms with Crippen molar-refractivity contribution >= 4 is 11.6 Å². The number of carbonyl (C=O) groups is 2. The van der Waals surface area contributed by atoms with Crippen molar-refractivity contribution in [3.8, 4) is 0 Å². The number of rotatable bonds is 0. The summed E-state index contributed by atoms with van der Waals surface area (Å²) in [4.78, 5) is 26.1. The van der Waals surface area contributed by atoms with Crippen LogP contribution in [-0.4, -0.2) is 11.6 Å². The van der Waals surface area contributed by atoms with Gasteiger partial charge in [0.05, 0.1) is 0 Å². The second kappa shape index (κ2) is 4.68.